The summed E-state index contributed by atoms with van der Waals surface area (Å²) in [6.45, 7) is 0. The van der Waals surface area contributed by atoms with Crippen LogP contribution in [0.3, 0.4) is 0 Å². The zero-order chi connectivity index (χ0) is 17.3. The fraction of sp³-hybridized carbons (Fsp3) is 0.0769. The number of aromatic amines is 2. The normalized spacial score (nSPS) is 10.9. The van der Waals surface area contributed by atoms with Gasteiger partial charge in [-0.2, -0.15) is 0 Å². The van der Waals surface area contributed by atoms with E-state index in [1.807, 2.05) is 0 Å². The minimum Gasteiger partial charge on any atom is -0.323 e. The van der Waals surface area contributed by atoms with E-state index in [0.717, 1.165) is 41.3 Å². The molecule has 1 amide bonds. The lowest BCUT2D eigenvalue weighted by Gasteiger charge is -2.05. The van der Waals surface area contributed by atoms with Crippen LogP contribution in [0.25, 0.3) is 10.3 Å². The highest BCUT2D eigenvalue weighted by Gasteiger charge is 2.12. The smallest absolute Gasteiger partial charge is 0.323 e. The van der Waals surface area contributed by atoms with E-state index in [0.29, 0.717) is 4.34 Å². The third-order valence-electron chi connectivity index (χ3n) is 2.80. The highest BCUT2D eigenvalue weighted by Crippen LogP contribution is 2.26. The predicted molar refractivity (Wildman–Crippen MR) is 86.6 cm³/mol. The molecule has 2 heterocycles. The molecule has 0 saturated heterocycles. The molecule has 0 spiro atoms. The Hall–Kier alpha value is -2.53. The number of fused-ring (bicyclic) bond motifs is 1. The Labute approximate surface area is 140 Å². The lowest BCUT2D eigenvalue weighted by molar-refractivity contribution is -0.113. The number of anilines is 1. The molecule has 2 aromatic heterocycles. The summed E-state index contributed by atoms with van der Waals surface area (Å²) in [6, 6.07) is 2.73. The molecule has 0 unspecified atom stereocenters. The number of halogens is 2. The van der Waals surface area contributed by atoms with Gasteiger partial charge in [0.25, 0.3) is 5.56 Å². The number of hydrogen-bond acceptors (Lipinski definition) is 6. The van der Waals surface area contributed by atoms with Crippen LogP contribution >= 0.6 is 23.1 Å². The maximum absolute atomic E-state index is 13.4. The van der Waals surface area contributed by atoms with Crippen LogP contribution in [-0.2, 0) is 4.79 Å². The average Bonchev–Trinajstić information content (AvgIpc) is 2.92. The summed E-state index contributed by atoms with van der Waals surface area (Å²) in [5.41, 5.74) is -1.36. The van der Waals surface area contributed by atoms with Gasteiger partial charge in [0, 0.05) is 6.07 Å². The lowest BCUT2D eigenvalue weighted by atomic mass is 10.3. The van der Waals surface area contributed by atoms with Gasteiger partial charge in [-0.1, -0.05) is 11.8 Å². The van der Waals surface area contributed by atoms with E-state index in [2.05, 4.69) is 20.3 Å². The van der Waals surface area contributed by atoms with Crippen LogP contribution < -0.4 is 16.6 Å². The molecule has 0 bridgehead atoms. The SMILES string of the molecule is O=C(CSc1nc2[nH]c(=O)[nH]c(=O)c2s1)Nc1cc(F)ccc1F. The van der Waals surface area contributed by atoms with E-state index >= 15 is 0 Å². The molecular formula is C13H8F2N4O3S2. The lowest BCUT2D eigenvalue weighted by Crippen LogP contribution is -2.20. The van der Waals surface area contributed by atoms with Crippen LogP contribution in [0.4, 0.5) is 14.5 Å². The number of thiazole rings is 1. The largest absolute Gasteiger partial charge is 0.327 e. The quantitative estimate of drug-likeness (QED) is 0.606. The van der Waals surface area contributed by atoms with Crippen molar-refractivity contribution in [2.24, 2.45) is 0 Å². The Balaban J connectivity index is 1.70. The Kier molecular flexibility index (Phi) is 4.44. The molecule has 0 fully saturated rings. The average molecular weight is 370 g/mol. The summed E-state index contributed by atoms with van der Waals surface area (Å²) < 4.78 is 27.1. The van der Waals surface area contributed by atoms with Crippen molar-refractivity contribution in [2.45, 2.75) is 4.34 Å². The van der Waals surface area contributed by atoms with Crippen LogP contribution in [0.15, 0.2) is 32.1 Å². The van der Waals surface area contributed by atoms with E-state index in [-0.39, 0.29) is 21.8 Å². The monoisotopic (exact) mass is 370 g/mol. The van der Waals surface area contributed by atoms with Gasteiger partial charge in [-0.25, -0.2) is 18.6 Å². The standard InChI is InChI=1S/C13H8F2N4O3S2/c14-5-1-2-6(15)7(3-5)16-8(20)4-23-13-18-10-9(24-13)11(21)19-12(22)17-10/h1-3H,4H2,(H,16,20)(H2,17,19,21,22). The fourth-order valence-corrected chi connectivity index (χ4v) is 3.60. The molecule has 0 aliphatic heterocycles. The highest BCUT2D eigenvalue weighted by atomic mass is 32.2. The Morgan fingerprint density at radius 3 is 2.88 bits per heavy atom. The van der Waals surface area contributed by atoms with Crippen molar-refractivity contribution in [1.29, 1.82) is 0 Å². The minimum absolute atomic E-state index is 0.127. The van der Waals surface area contributed by atoms with E-state index in [9.17, 15) is 23.2 Å². The molecule has 0 atom stereocenters. The van der Waals surface area contributed by atoms with Gasteiger partial charge < -0.3 is 5.32 Å². The van der Waals surface area contributed by atoms with Crippen LogP contribution in [0, 0.1) is 11.6 Å². The van der Waals surface area contributed by atoms with E-state index in [1.165, 1.54) is 0 Å². The number of hydrogen-bond donors (Lipinski definition) is 3. The second kappa shape index (κ2) is 6.53. The molecular weight excluding hydrogens is 362 g/mol. The minimum atomic E-state index is -0.751. The number of rotatable bonds is 4. The van der Waals surface area contributed by atoms with Gasteiger partial charge in [-0.05, 0) is 12.1 Å². The topological polar surface area (TPSA) is 108 Å². The van der Waals surface area contributed by atoms with Crippen LogP contribution in [0.2, 0.25) is 0 Å². The van der Waals surface area contributed by atoms with Gasteiger partial charge in [0.2, 0.25) is 5.91 Å². The van der Waals surface area contributed by atoms with Gasteiger partial charge >= 0.3 is 5.69 Å². The Bertz CT molecular complexity index is 1040. The van der Waals surface area contributed by atoms with Gasteiger partial charge in [0.15, 0.2) is 9.99 Å². The molecule has 3 aromatic rings. The zero-order valence-electron chi connectivity index (χ0n) is 11.7. The predicted octanol–water partition coefficient (Wildman–Crippen LogP) is 1.68. The number of nitrogens with one attached hydrogen (secondary N) is 3. The van der Waals surface area contributed by atoms with Crippen LogP contribution in [0.5, 0.6) is 0 Å². The molecule has 124 valence electrons. The van der Waals surface area contributed by atoms with Crippen molar-refractivity contribution in [2.75, 3.05) is 11.1 Å². The second-order valence-electron chi connectivity index (χ2n) is 4.53. The number of H-pyrrole nitrogens is 2. The van der Waals surface area contributed by atoms with Gasteiger partial charge in [-0.15, -0.1) is 11.3 Å². The summed E-state index contributed by atoms with van der Waals surface area (Å²) >= 11 is 2.01. The molecule has 3 rings (SSSR count). The maximum Gasteiger partial charge on any atom is 0.327 e. The molecule has 0 saturated carbocycles. The van der Waals surface area contributed by atoms with Crippen LogP contribution in [0.1, 0.15) is 0 Å². The fourth-order valence-electron chi connectivity index (χ4n) is 1.81. The molecule has 11 heteroatoms. The third-order valence-corrected chi connectivity index (χ3v) is 5.00. The first-order chi connectivity index (χ1) is 11.4. The van der Waals surface area contributed by atoms with E-state index in [4.69, 9.17) is 0 Å². The van der Waals surface area contributed by atoms with Gasteiger partial charge in [0.05, 0.1) is 11.4 Å². The van der Waals surface area contributed by atoms with Crippen molar-refractivity contribution in [1.82, 2.24) is 15.0 Å². The van der Waals surface area contributed by atoms with Crippen molar-refractivity contribution < 1.29 is 13.6 Å². The summed E-state index contributed by atoms with van der Waals surface area (Å²) in [6.07, 6.45) is 0. The molecule has 0 radical (unpaired) electrons. The Morgan fingerprint density at radius 2 is 2.08 bits per heavy atom. The highest BCUT2D eigenvalue weighted by molar-refractivity contribution is 8.01. The molecule has 24 heavy (non-hydrogen) atoms. The zero-order valence-corrected chi connectivity index (χ0v) is 13.3. The first-order valence-electron chi connectivity index (χ1n) is 6.43. The number of thioether (sulfide) groups is 1. The molecule has 7 nitrogen and oxygen atoms in total. The molecule has 0 aliphatic rings. The second-order valence-corrected chi connectivity index (χ2v) is 6.75. The Morgan fingerprint density at radius 1 is 1.29 bits per heavy atom. The summed E-state index contributed by atoms with van der Waals surface area (Å²) in [5.74, 6) is -2.11. The molecule has 1 aromatic carbocycles. The van der Waals surface area contributed by atoms with Crippen molar-refractivity contribution >= 4 is 45.0 Å². The van der Waals surface area contributed by atoms with Crippen molar-refractivity contribution in [3.63, 3.8) is 0 Å². The number of carbonyl (C=O) groups excluding carboxylic acids is 1. The van der Waals surface area contributed by atoms with E-state index in [1.54, 1.807) is 0 Å². The first kappa shape index (κ1) is 16.3. The van der Waals surface area contributed by atoms with Crippen molar-refractivity contribution in [3.8, 4) is 0 Å². The number of benzene rings is 1. The van der Waals surface area contributed by atoms with E-state index < -0.39 is 28.8 Å². The summed E-state index contributed by atoms with van der Waals surface area (Å²) in [4.78, 5) is 43.1. The number of nitrogens with zero attached hydrogens (tertiary/aromatic N) is 1. The maximum atomic E-state index is 13.4. The summed E-state index contributed by atoms with van der Waals surface area (Å²) in [5, 5.41) is 2.25. The molecule has 0 aliphatic carbocycles. The third kappa shape index (κ3) is 3.51. The number of carbonyl (C=O) groups is 1. The van der Waals surface area contributed by atoms with Crippen molar-refractivity contribution in [3.05, 3.63) is 50.7 Å². The summed E-state index contributed by atoms with van der Waals surface area (Å²) in [7, 11) is 0. The van der Waals surface area contributed by atoms with Crippen LogP contribution in [-0.4, -0.2) is 26.6 Å². The molecule has 3 N–H and O–H groups in total. The number of aromatic nitrogens is 3. The van der Waals surface area contributed by atoms with Gasteiger partial charge in [0.1, 0.15) is 16.3 Å². The number of amides is 1. The van der Waals surface area contributed by atoms with Gasteiger partial charge in [-0.3, -0.25) is 19.6 Å². The first-order valence-corrected chi connectivity index (χ1v) is 8.23.